The molecule has 0 spiro atoms. The quantitative estimate of drug-likeness (QED) is 0.919. The number of rotatable bonds is 4. The van der Waals surface area contributed by atoms with Gasteiger partial charge in [-0.15, -0.1) is 0 Å². The van der Waals surface area contributed by atoms with E-state index in [9.17, 15) is 4.79 Å². The Morgan fingerprint density at radius 2 is 2.20 bits per heavy atom. The fourth-order valence-electron chi connectivity index (χ4n) is 2.74. The van der Waals surface area contributed by atoms with Crippen LogP contribution in [-0.2, 0) is 4.79 Å². The number of hydrogen-bond acceptors (Lipinski definition) is 2. The molecule has 0 aliphatic carbocycles. The van der Waals surface area contributed by atoms with Gasteiger partial charge in [0.25, 0.3) is 0 Å². The Morgan fingerprint density at radius 1 is 1.45 bits per heavy atom. The number of halogens is 2. The van der Waals surface area contributed by atoms with Crippen molar-refractivity contribution in [1.82, 2.24) is 4.90 Å². The molecule has 2 atom stereocenters. The molecule has 0 saturated carbocycles. The fourth-order valence-corrected chi connectivity index (χ4v) is 3.05. The molecule has 2 unspecified atom stereocenters. The highest BCUT2D eigenvalue weighted by molar-refractivity contribution is 6.42. The van der Waals surface area contributed by atoms with E-state index in [1.807, 2.05) is 24.0 Å². The minimum Gasteiger partial charge on any atom is -0.334 e. The van der Waals surface area contributed by atoms with Gasteiger partial charge in [-0.1, -0.05) is 42.6 Å². The second-order valence-electron chi connectivity index (χ2n) is 5.26. The molecule has 0 aromatic heterocycles. The van der Waals surface area contributed by atoms with Gasteiger partial charge in [0.1, 0.15) is 0 Å². The lowest BCUT2D eigenvalue weighted by Crippen LogP contribution is -2.43. The van der Waals surface area contributed by atoms with Gasteiger partial charge in [-0.05, 0) is 37.0 Å². The number of hydrogen-bond donors (Lipinski definition) is 1. The Bertz CT molecular complexity index is 493. The Labute approximate surface area is 130 Å². The molecule has 2 rings (SSSR count). The number of carbonyl (C=O) groups excluding carboxylic acids is 1. The molecule has 0 bridgehead atoms. The van der Waals surface area contributed by atoms with Crippen LogP contribution in [0.25, 0.3) is 0 Å². The van der Waals surface area contributed by atoms with Crippen LogP contribution in [0, 0.1) is 0 Å². The summed E-state index contributed by atoms with van der Waals surface area (Å²) in [4.78, 5) is 14.3. The standard InChI is InChI=1S/C15H20Cl2N2O/c1-2-4-13(18)15(20)19-8-3-5-14(19)10-6-7-11(16)12(17)9-10/h6-7,9,13-14H,2-5,8,18H2,1H3. The third-order valence-electron chi connectivity index (χ3n) is 3.78. The van der Waals surface area contributed by atoms with Crippen molar-refractivity contribution in [2.24, 2.45) is 5.73 Å². The molecule has 3 nitrogen and oxygen atoms in total. The van der Waals surface area contributed by atoms with Crippen molar-refractivity contribution in [2.75, 3.05) is 6.54 Å². The summed E-state index contributed by atoms with van der Waals surface area (Å²) >= 11 is 12.0. The smallest absolute Gasteiger partial charge is 0.239 e. The van der Waals surface area contributed by atoms with Crippen LogP contribution in [0.15, 0.2) is 18.2 Å². The van der Waals surface area contributed by atoms with Crippen LogP contribution < -0.4 is 5.73 Å². The molecule has 2 N–H and O–H groups in total. The van der Waals surface area contributed by atoms with E-state index >= 15 is 0 Å². The Balaban J connectivity index is 2.18. The van der Waals surface area contributed by atoms with Crippen molar-refractivity contribution in [3.63, 3.8) is 0 Å². The number of benzene rings is 1. The zero-order chi connectivity index (χ0) is 14.7. The zero-order valence-corrected chi connectivity index (χ0v) is 13.1. The maximum absolute atomic E-state index is 12.4. The van der Waals surface area contributed by atoms with E-state index in [0.29, 0.717) is 10.0 Å². The Morgan fingerprint density at radius 3 is 2.85 bits per heavy atom. The van der Waals surface area contributed by atoms with Gasteiger partial charge in [0.2, 0.25) is 5.91 Å². The second kappa shape index (κ2) is 6.79. The van der Waals surface area contributed by atoms with Crippen LogP contribution >= 0.6 is 23.2 Å². The average Bonchev–Trinajstić information content (AvgIpc) is 2.90. The van der Waals surface area contributed by atoms with Gasteiger partial charge in [-0.3, -0.25) is 4.79 Å². The fraction of sp³-hybridized carbons (Fsp3) is 0.533. The van der Waals surface area contributed by atoms with Crippen molar-refractivity contribution in [2.45, 2.75) is 44.7 Å². The van der Waals surface area contributed by atoms with Crippen LogP contribution in [0.1, 0.15) is 44.2 Å². The summed E-state index contributed by atoms with van der Waals surface area (Å²) in [5.74, 6) is 0.0421. The molecule has 1 aromatic rings. The molecule has 1 heterocycles. The van der Waals surface area contributed by atoms with Gasteiger partial charge in [-0.25, -0.2) is 0 Å². The molecular formula is C15H20Cl2N2O. The monoisotopic (exact) mass is 314 g/mol. The molecule has 1 aromatic carbocycles. The Hall–Kier alpha value is -0.770. The van der Waals surface area contributed by atoms with Gasteiger partial charge in [0.05, 0.1) is 22.1 Å². The predicted octanol–water partition coefficient (Wildman–Crippen LogP) is 3.78. The van der Waals surface area contributed by atoms with Crippen LogP contribution in [-0.4, -0.2) is 23.4 Å². The summed E-state index contributed by atoms with van der Waals surface area (Å²) in [5.41, 5.74) is 7.00. The summed E-state index contributed by atoms with van der Waals surface area (Å²) in [7, 11) is 0. The number of nitrogens with zero attached hydrogens (tertiary/aromatic N) is 1. The summed E-state index contributed by atoms with van der Waals surface area (Å²) in [5, 5.41) is 1.07. The second-order valence-corrected chi connectivity index (χ2v) is 6.07. The highest BCUT2D eigenvalue weighted by atomic mass is 35.5. The molecule has 0 radical (unpaired) electrons. The van der Waals surface area contributed by atoms with Crippen LogP contribution in [0.2, 0.25) is 10.0 Å². The highest BCUT2D eigenvalue weighted by Crippen LogP contribution is 2.35. The van der Waals surface area contributed by atoms with Gasteiger partial charge < -0.3 is 10.6 Å². The maximum Gasteiger partial charge on any atom is 0.239 e. The largest absolute Gasteiger partial charge is 0.334 e. The van der Waals surface area contributed by atoms with Crippen molar-refractivity contribution < 1.29 is 4.79 Å². The van der Waals surface area contributed by atoms with Crippen molar-refractivity contribution in [1.29, 1.82) is 0 Å². The summed E-state index contributed by atoms with van der Waals surface area (Å²) in [6.45, 7) is 2.80. The average molecular weight is 315 g/mol. The lowest BCUT2D eigenvalue weighted by atomic mass is 10.0. The highest BCUT2D eigenvalue weighted by Gasteiger charge is 2.32. The maximum atomic E-state index is 12.4. The third-order valence-corrected chi connectivity index (χ3v) is 4.52. The van der Waals surface area contributed by atoms with Gasteiger partial charge >= 0.3 is 0 Å². The lowest BCUT2D eigenvalue weighted by Gasteiger charge is -2.28. The van der Waals surface area contributed by atoms with Crippen LogP contribution in [0.5, 0.6) is 0 Å². The third kappa shape index (κ3) is 3.27. The zero-order valence-electron chi connectivity index (χ0n) is 11.6. The SMILES string of the molecule is CCCC(N)C(=O)N1CCCC1c1ccc(Cl)c(Cl)c1. The van der Waals surface area contributed by atoms with Crippen molar-refractivity contribution in [3.05, 3.63) is 33.8 Å². The van der Waals surface area contributed by atoms with Crippen LogP contribution in [0.3, 0.4) is 0 Å². The number of amides is 1. The molecule has 20 heavy (non-hydrogen) atoms. The van der Waals surface area contributed by atoms with E-state index in [2.05, 4.69) is 0 Å². The molecule has 1 aliphatic heterocycles. The summed E-state index contributed by atoms with van der Waals surface area (Å²) in [6.07, 6.45) is 3.58. The predicted molar refractivity (Wildman–Crippen MR) is 83.0 cm³/mol. The number of nitrogens with two attached hydrogens (primary N) is 1. The normalized spacial score (nSPS) is 20.2. The lowest BCUT2D eigenvalue weighted by molar-refractivity contribution is -0.133. The summed E-state index contributed by atoms with van der Waals surface area (Å²) < 4.78 is 0. The number of likely N-dealkylation sites (tertiary alicyclic amines) is 1. The van der Waals surface area contributed by atoms with E-state index in [-0.39, 0.29) is 11.9 Å². The first-order chi connectivity index (χ1) is 9.54. The van der Waals surface area contributed by atoms with E-state index in [4.69, 9.17) is 28.9 Å². The summed E-state index contributed by atoms with van der Waals surface area (Å²) in [6, 6.07) is 5.25. The van der Waals surface area contributed by atoms with E-state index < -0.39 is 6.04 Å². The minimum absolute atomic E-state index is 0.0421. The van der Waals surface area contributed by atoms with Crippen molar-refractivity contribution >= 4 is 29.1 Å². The molecule has 1 aliphatic rings. The molecular weight excluding hydrogens is 295 g/mol. The van der Waals surface area contributed by atoms with E-state index in [0.717, 1.165) is 37.8 Å². The topological polar surface area (TPSA) is 46.3 Å². The van der Waals surface area contributed by atoms with Crippen LogP contribution in [0.4, 0.5) is 0 Å². The molecule has 5 heteroatoms. The first-order valence-electron chi connectivity index (χ1n) is 7.05. The van der Waals surface area contributed by atoms with Gasteiger partial charge in [0, 0.05) is 6.54 Å². The first-order valence-corrected chi connectivity index (χ1v) is 7.81. The first kappa shape index (κ1) is 15.6. The molecule has 1 amide bonds. The number of carbonyl (C=O) groups is 1. The van der Waals surface area contributed by atoms with Gasteiger partial charge in [0.15, 0.2) is 0 Å². The van der Waals surface area contributed by atoms with E-state index in [1.165, 1.54) is 0 Å². The molecule has 1 saturated heterocycles. The molecule has 1 fully saturated rings. The van der Waals surface area contributed by atoms with Gasteiger partial charge in [-0.2, -0.15) is 0 Å². The Kier molecular flexibility index (Phi) is 5.30. The van der Waals surface area contributed by atoms with E-state index in [1.54, 1.807) is 6.07 Å². The minimum atomic E-state index is -0.400. The van der Waals surface area contributed by atoms with Crippen molar-refractivity contribution in [3.8, 4) is 0 Å². The molecule has 110 valence electrons.